The number of aromatic carboxylic acids is 1. The van der Waals surface area contributed by atoms with Crippen LogP contribution in [0.15, 0.2) is 23.1 Å². The zero-order valence-corrected chi connectivity index (χ0v) is 21.7. The van der Waals surface area contributed by atoms with E-state index in [0.717, 1.165) is 54.3 Å². The summed E-state index contributed by atoms with van der Waals surface area (Å²) in [4.78, 5) is 38.5. The second-order valence-electron chi connectivity index (χ2n) is 9.32. The van der Waals surface area contributed by atoms with E-state index in [0.29, 0.717) is 28.8 Å². The summed E-state index contributed by atoms with van der Waals surface area (Å²) in [5.74, 6) is -0.800. The Hall–Kier alpha value is -2.62. The predicted octanol–water partition coefficient (Wildman–Crippen LogP) is 2.44. The molecule has 4 rings (SSSR count). The summed E-state index contributed by atoms with van der Waals surface area (Å²) < 4.78 is 2.29. The molecular formula is C25H31AsN4O4. The number of hydrogen-bond acceptors (Lipinski definition) is 6. The van der Waals surface area contributed by atoms with Crippen molar-refractivity contribution < 1.29 is 14.7 Å². The first-order chi connectivity index (χ1) is 16.3. The number of rotatable bonds is 10. The minimum atomic E-state index is -1.19. The van der Waals surface area contributed by atoms with Crippen LogP contribution in [0.4, 0.5) is 5.69 Å². The third kappa shape index (κ3) is 5.06. The fraction of sp³-hybridized carbons (Fsp3) is 0.520. The number of aryl methyl sites for hydroxylation is 1. The molecule has 1 saturated carbocycles. The van der Waals surface area contributed by atoms with Gasteiger partial charge in [-0.25, -0.2) is 4.79 Å². The Balaban J connectivity index is 1.63. The average Bonchev–Trinajstić information content (AvgIpc) is 3.53. The maximum atomic E-state index is 12.9. The topological polar surface area (TPSA) is 115 Å². The van der Waals surface area contributed by atoms with Gasteiger partial charge in [-0.05, 0) is 0 Å². The number of hydrogen-bond donors (Lipinski definition) is 2. The molecule has 2 heterocycles. The standard InChI is InChI=1S/C25H31AsN4O4/c1-15-22(29-11-8-17(13-29)21(12-26-16(2)31)28-10-3-9-27)7-6-19-23(15)30(18-4-5-18)14-20(24(19)32)25(33)34/h6-7,14,17-18,21,26,28H,3-5,8,10-13H2,1-2H3,(H,33,34). The number of nitrogens with one attached hydrogen (secondary N) is 1. The summed E-state index contributed by atoms with van der Waals surface area (Å²) in [6.07, 6.45) is 4.95. The molecular weight excluding hydrogens is 495 g/mol. The van der Waals surface area contributed by atoms with E-state index in [4.69, 9.17) is 5.26 Å². The van der Waals surface area contributed by atoms with Gasteiger partial charge in [-0.2, -0.15) is 0 Å². The molecule has 1 saturated heterocycles. The van der Waals surface area contributed by atoms with Crippen molar-refractivity contribution in [1.82, 2.24) is 9.88 Å². The first kappa shape index (κ1) is 24.5. The minimum absolute atomic E-state index is 0.173. The Morgan fingerprint density at radius 2 is 2.09 bits per heavy atom. The van der Waals surface area contributed by atoms with E-state index in [1.807, 2.05) is 17.6 Å². The van der Waals surface area contributed by atoms with Crippen LogP contribution in [0, 0.1) is 24.2 Å². The third-order valence-electron chi connectivity index (χ3n) is 6.94. The predicted molar refractivity (Wildman–Crippen MR) is 133 cm³/mol. The van der Waals surface area contributed by atoms with Crippen LogP contribution in [-0.2, 0) is 4.79 Å². The number of carboxylic acid groups (broad SMARTS) is 1. The number of aromatic nitrogens is 1. The number of benzene rings is 1. The zero-order chi connectivity index (χ0) is 24.4. The van der Waals surface area contributed by atoms with Gasteiger partial charge in [0, 0.05) is 0 Å². The van der Waals surface area contributed by atoms with Crippen molar-refractivity contribution in [2.24, 2.45) is 5.92 Å². The number of carbonyl (C=O) groups is 2. The van der Waals surface area contributed by atoms with Crippen LogP contribution in [0.2, 0.25) is 5.21 Å². The Bertz CT molecular complexity index is 1210. The summed E-state index contributed by atoms with van der Waals surface area (Å²) in [6.45, 7) is 6.06. The van der Waals surface area contributed by atoms with Gasteiger partial charge in [0.25, 0.3) is 0 Å². The number of fused-ring (bicyclic) bond motifs is 1. The van der Waals surface area contributed by atoms with Crippen molar-refractivity contribution in [3.63, 3.8) is 0 Å². The third-order valence-corrected chi connectivity index (χ3v) is 9.33. The van der Waals surface area contributed by atoms with Gasteiger partial charge in [0.05, 0.1) is 0 Å². The van der Waals surface area contributed by atoms with Crippen molar-refractivity contribution in [1.29, 1.82) is 5.26 Å². The van der Waals surface area contributed by atoms with E-state index in [-0.39, 0.29) is 17.6 Å². The Labute approximate surface area is 205 Å². The van der Waals surface area contributed by atoms with Crippen LogP contribution in [-0.4, -0.2) is 61.6 Å². The number of anilines is 1. The molecule has 2 N–H and O–H groups in total. The van der Waals surface area contributed by atoms with Gasteiger partial charge >= 0.3 is 196 Å². The summed E-state index contributed by atoms with van der Waals surface area (Å²) >= 11 is -0.664. The molecule has 2 aromatic rings. The second-order valence-corrected chi connectivity index (χ2v) is 12.4. The van der Waals surface area contributed by atoms with E-state index < -0.39 is 27.2 Å². The van der Waals surface area contributed by atoms with Gasteiger partial charge in [0.15, 0.2) is 0 Å². The number of nitriles is 1. The first-order valence-corrected chi connectivity index (χ1v) is 14.4. The Morgan fingerprint density at radius 1 is 1.32 bits per heavy atom. The molecule has 180 valence electrons. The van der Waals surface area contributed by atoms with E-state index in [1.54, 1.807) is 13.0 Å². The summed E-state index contributed by atoms with van der Waals surface area (Å²) in [5.41, 5.74) is 2.32. The Morgan fingerprint density at radius 3 is 2.74 bits per heavy atom. The molecule has 0 bridgehead atoms. The van der Waals surface area contributed by atoms with Crippen LogP contribution in [0.3, 0.4) is 0 Å². The van der Waals surface area contributed by atoms with Gasteiger partial charge in [-0.15, -0.1) is 0 Å². The molecule has 3 atom stereocenters. The molecule has 9 heteroatoms. The number of nitrogens with zero attached hydrogens (tertiary/aromatic N) is 3. The van der Waals surface area contributed by atoms with Gasteiger partial charge in [0.2, 0.25) is 0 Å². The molecule has 2 aliphatic rings. The number of pyridine rings is 1. The molecule has 0 radical (unpaired) electrons. The molecule has 3 unspecified atom stereocenters. The summed E-state index contributed by atoms with van der Waals surface area (Å²) in [6, 6.07) is 6.38. The van der Waals surface area contributed by atoms with E-state index in [9.17, 15) is 19.5 Å². The van der Waals surface area contributed by atoms with Crippen LogP contribution in [0.5, 0.6) is 0 Å². The molecule has 0 spiro atoms. The monoisotopic (exact) mass is 526 g/mol. The first-order valence-electron chi connectivity index (χ1n) is 11.8. The SMILES string of the molecule is CC(=O)[AsH]CC(NCCC#N)C1CCN(c2ccc3c(=O)c(C(=O)O)cn(C4CC4)c3c2C)C1. The van der Waals surface area contributed by atoms with Gasteiger partial charge in [0.1, 0.15) is 0 Å². The van der Waals surface area contributed by atoms with Gasteiger partial charge in [-0.3, -0.25) is 0 Å². The van der Waals surface area contributed by atoms with E-state index >= 15 is 0 Å². The number of carbonyl (C=O) groups excluding carboxylic acids is 1. The fourth-order valence-corrected chi connectivity index (χ4v) is 7.12. The van der Waals surface area contributed by atoms with Crippen LogP contribution >= 0.6 is 0 Å². The average molecular weight is 526 g/mol. The molecule has 2 fully saturated rings. The summed E-state index contributed by atoms with van der Waals surface area (Å²) in [5, 5.41) is 23.3. The van der Waals surface area contributed by atoms with E-state index in [2.05, 4.69) is 16.3 Å². The second kappa shape index (κ2) is 10.3. The zero-order valence-electron chi connectivity index (χ0n) is 19.6. The molecule has 8 nitrogen and oxygen atoms in total. The maximum absolute atomic E-state index is 12.9. The van der Waals surface area contributed by atoms with E-state index in [1.165, 1.54) is 6.20 Å². The van der Waals surface area contributed by atoms with Crippen molar-refractivity contribution in [3.8, 4) is 6.07 Å². The molecule has 0 amide bonds. The van der Waals surface area contributed by atoms with Crippen LogP contribution in [0.25, 0.3) is 10.9 Å². The van der Waals surface area contributed by atoms with Crippen molar-refractivity contribution in [2.75, 3.05) is 24.5 Å². The van der Waals surface area contributed by atoms with Crippen molar-refractivity contribution in [2.45, 2.75) is 56.8 Å². The van der Waals surface area contributed by atoms with Crippen LogP contribution in [0.1, 0.15) is 54.6 Å². The van der Waals surface area contributed by atoms with Gasteiger partial charge in [-0.1, -0.05) is 0 Å². The normalized spacial score (nSPS) is 19.1. The van der Waals surface area contributed by atoms with Crippen LogP contribution < -0.4 is 15.6 Å². The molecule has 1 aromatic carbocycles. The quantitative estimate of drug-likeness (QED) is 0.361. The molecule has 1 aliphatic heterocycles. The number of carboxylic acids is 1. The van der Waals surface area contributed by atoms with Crippen molar-refractivity contribution >= 4 is 42.9 Å². The van der Waals surface area contributed by atoms with Crippen molar-refractivity contribution in [3.05, 3.63) is 39.7 Å². The fourth-order valence-electron chi connectivity index (χ4n) is 5.06. The molecule has 1 aromatic heterocycles. The summed E-state index contributed by atoms with van der Waals surface area (Å²) in [7, 11) is 0. The molecule has 34 heavy (non-hydrogen) atoms. The van der Waals surface area contributed by atoms with Gasteiger partial charge < -0.3 is 5.11 Å². The Kier molecular flexibility index (Phi) is 7.44. The molecule has 1 aliphatic carbocycles.